The fourth-order valence-corrected chi connectivity index (χ4v) is 8.09. The fourth-order valence-electron chi connectivity index (χ4n) is 7.58. The average Bonchev–Trinajstić information content (AvgIpc) is 3.31. The van der Waals surface area contributed by atoms with E-state index in [2.05, 4.69) is 106 Å². The van der Waals surface area contributed by atoms with Crippen molar-refractivity contribution >= 4 is 15.9 Å². The van der Waals surface area contributed by atoms with Gasteiger partial charge in [0.15, 0.2) is 0 Å². The van der Waals surface area contributed by atoms with Crippen molar-refractivity contribution in [3.8, 4) is 35.1 Å². The van der Waals surface area contributed by atoms with Crippen LogP contribution in [0.4, 0.5) is 0 Å². The zero-order chi connectivity index (χ0) is 45.6. The number of benzene rings is 4. The quantitative estimate of drug-likeness (QED) is 0.0485. The summed E-state index contributed by atoms with van der Waals surface area (Å²) in [4.78, 5) is 0. The normalized spacial score (nSPS) is 12.7. The van der Waals surface area contributed by atoms with Crippen LogP contribution < -0.4 is 18.9 Å². The largest absolute Gasteiger partial charge is 0.493 e. The summed E-state index contributed by atoms with van der Waals surface area (Å²) in [5.41, 5.74) is 4.33. The minimum Gasteiger partial charge on any atom is -0.493 e. The number of halogens is 1. The summed E-state index contributed by atoms with van der Waals surface area (Å²) in [6.07, 6.45) is 19.3. The van der Waals surface area contributed by atoms with E-state index in [9.17, 15) is 10.5 Å². The van der Waals surface area contributed by atoms with Crippen LogP contribution in [0, 0.1) is 33.5 Å². The number of ether oxygens (including phenoxy) is 4. The maximum atomic E-state index is 9.57. The molecule has 0 amide bonds. The van der Waals surface area contributed by atoms with Crippen molar-refractivity contribution < 1.29 is 18.9 Å². The summed E-state index contributed by atoms with van der Waals surface area (Å²) in [6.45, 7) is 15.4. The van der Waals surface area contributed by atoms with Crippen molar-refractivity contribution in [3.63, 3.8) is 0 Å². The first kappa shape index (κ1) is 52.9. The van der Waals surface area contributed by atoms with Gasteiger partial charge in [-0.2, -0.15) is 10.5 Å². The number of nitrogens with zero attached hydrogens (tertiary/aromatic N) is 2. The molecule has 2 atom stereocenters. The molecule has 0 N–H and O–H groups in total. The molecule has 0 bridgehead atoms. The molecule has 0 radical (unpaired) electrons. The minimum absolute atomic E-state index is 0.171. The third-order valence-electron chi connectivity index (χ3n) is 11.9. The highest BCUT2D eigenvalue weighted by Gasteiger charge is 2.23. The van der Waals surface area contributed by atoms with E-state index in [4.69, 9.17) is 18.9 Å². The Morgan fingerprint density at radius 1 is 0.476 bits per heavy atom. The lowest BCUT2D eigenvalue weighted by Crippen LogP contribution is -2.13. The summed E-state index contributed by atoms with van der Waals surface area (Å²) in [7, 11) is 0. The van der Waals surface area contributed by atoms with Crippen molar-refractivity contribution in [2.24, 2.45) is 10.8 Å². The molecular weight excluding hydrogens is 845 g/mol. The Morgan fingerprint density at radius 2 is 0.937 bits per heavy atom. The van der Waals surface area contributed by atoms with Crippen LogP contribution >= 0.6 is 15.9 Å². The number of hydrogen-bond donors (Lipinski definition) is 0. The van der Waals surface area contributed by atoms with E-state index >= 15 is 0 Å². The summed E-state index contributed by atoms with van der Waals surface area (Å²) >= 11 is 3.64. The zero-order valence-corrected chi connectivity index (χ0v) is 41.2. The highest BCUT2D eigenvalue weighted by Crippen LogP contribution is 2.35. The van der Waals surface area contributed by atoms with Crippen molar-refractivity contribution in [2.45, 2.75) is 170 Å². The first-order valence-corrected chi connectivity index (χ1v) is 24.8. The minimum atomic E-state index is -0.178. The second-order valence-corrected chi connectivity index (χ2v) is 18.3. The third-order valence-corrected chi connectivity index (χ3v) is 12.5. The van der Waals surface area contributed by atoms with Crippen molar-refractivity contribution in [3.05, 3.63) is 118 Å². The van der Waals surface area contributed by atoms with E-state index in [-0.39, 0.29) is 10.8 Å². The second kappa shape index (κ2) is 30.6. The van der Waals surface area contributed by atoms with E-state index in [0.29, 0.717) is 26.4 Å². The molecular formula is C56H77BrN2O4. The van der Waals surface area contributed by atoms with E-state index in [1.165, 1.54) is 36.8 Å². The van der Waals surface area contributed by atoms with Crippen molar-refractivity contribution in [1.29, 1.82) is 10.5 Å². The molecule has 4 aromatic rings. The van der Waals surface area contributed by atoms with E-state index in [1.54, 1.807) is 0 Å². The van der Waals surface area contributed by atoms with Crippen LogP contribution in [0.2, 0.25) is 0 Å². The first-order chi connectivity index (χ1) is 30.6. The molecule has 0 aliphatic rings. The van der Waals surface area contributed by atoms with Gasteiger partial charge in [-0.1, -0.05) is 159 Å². The van der Waals surface area contributed by atoms with Gasteiger partial charge in [-0.15, -0.1) is 0 Å². The third kappa shape index (κ3) is 20.7. The van der Waals surface area contributed by atoms with Crippen molar-refractivity contribution in [1.82, 2.24) is 0 Å². The molecule has 4 aromatic carbocycles. The zero-order valence-electron chi connectivity index (χ0n) is 39.6. The van der Waals surface area contributed by atoms with Gasteiger partial charge in [0.1, 0.15) is 36.2 Å². The maximum Gasteiger partial charge on any atom is 0.137 e. The number of nitriles is 2. The van der Waals surface area contributed by atoms with E-state index < -0.39 is 0 Å². The monoisotopic (exact) mass is 921 g/mol. The summed E-state index contributed by atoms with van der Waals surface area (Å²) in [5.74, 6) is 3.47. The number of unbranched alkanes of at least 4 members (excludes halogenated alkanes) is 8. The van der Waals surface area contributed by atoms with E-state index in [1.807, 2.05) is 54.6 Å². The molecule has 0 saturated carbocycles. The van der Waals surface area contributed by atoms with Gasteiger partial charge in [0.05, 0.1) is 40.7 Å². The van der Waals surface area contributed by atoms with Gasteiger partial charge in [0, 0.05) is 12.1 Å². The van der Waals surface area contributed by atoms with Gasteiger partial charge >= 0.3 is 0 Å². The van der Waals surface area contributed by atoms with Gasteiger partial charge in [-0.05, 0) is 116 Å². The van der Waals surface area contributed by atoms with Gasteiger partial charge in [-0.25, -0.2) is 0 Å². The average molecular weight is 922 g/mol. The molecule has 6 nitrogen and oxygen atoms in total. The molecule has 0 aliphatic carbocycles. The van der Waals surface area contributed by atoms with Crippen LogP contribution in [-0.4, -0.2) is 13.2 Å². The lowest BCUT2D eigenvalue weighted by Gasteiger charge is -2.21. The van der Waals surface area contributed by atoms with Gasteiger partial charge in [-0.3, -0.25) is 0 Å². The predicted octanol–water partition coefficient (Wildman–Crippen LogP) is 16.5. The Hall–Kier alpha value is -4.46. The Kier molecular flexibility index (Phi) is 25.7. The standard InChI is InChI=1S/C28H38BrNO2.C28H39NO2/c1-4-6-11-16-28(3,22-30)17-12-8-13-18-31-26-20-27(25(29)19-24(26)5-2)32-21-23-14-9-7-10-15-23;1-4-6-11-18-28(3,23-29)19-12-8-13-20-30-27-21-26(17-16-25(27)5-2)31-22-24-14-9-7-10-15-24/h7,9-10,14-15,19-20H,4-6,8,11-13,16-18,21H2,1-3H3;7,9-10,14-17,21H,4-6,8,11-13,18-20,22H2,1-3H3. The van der Waals surface area contributed by atoms with Crippen LogP contribution in [0.3, 0.4) is 0 Å². The van der Waals surface area contributed by atoms with Crippen molar-refractivity contribution in [2.75, 3.05) is 13.2 Å². The molecule has 0 aromatic heterocycles. The lowest BCUT2D eigenvalue weighted by atomic mass is 9.81. The topological polar surface area (TPSA) is 84.5 Å². The van der Waals surface area contributed by atoms with E-state index in [0.717, 1.165) is 128 Å². The predicted molar refractivity (Wildman–Crippen MR) is 265 cm³/mol. The summed E-state index contributed by atoms with van der Waals surface area (Å²) in [6, 6.07) is 35.7. The van der Waals surface area contributed by atoms with Crippen LogP contribution in [0.5, 0.6) is 23.0 Å². The molecule has 0 aliphatic heterocycles. The highest BCUT2D eigenvalue weighted by atomic mass is 79.9. The fraction of sp³-hybridized carbons (Fsp3) is 0.536. The molecule has 0 heterocycles. The Bertz CT molecular complexity index is 1920. The summed E-state index contributed by atoms with van der Waals surface area (Å²) in [5, 5.41) is 19.1. The number of rotatable bonds is 30. The number of hydrogen-bond acceptors (Lipinski definition) is 6. The number of aryl methyl sites for hydroxylation is 2. The van der Waals surface area contributed by atoms with Crippen LogP contribution in [0.15, 0.2) is 95.5 Å². The smallest absolute Gasteiger partial charge is 0.137 e. The molecule has 0 saturated heterocycles. The van der Waals surface area contributed by atoms with Gasteiger partial charge in [0.25, 0.3) is 0 Å². The molecule has 2 unspecified atom stereocenters. The SMILES string of the molecule is CCCCCC(C)(C#N)CCCCCOc1cc(OCc2ccccc2)c(Br)cc1CC.CCCCCC(C)(C#N)CCCCCOc1cc(OCc2ccccc2)ccc1CC. The molecule has 4 rings (SSSR count). The highest BCUT2D eigenvalue weighted by molar-refractivity contribution is 9.10. The molecule has 7 heteroatoms. The lowest BCUT2D eigenvalue weighted by molar-refractivity contribution is 0.282. The molecule has 63 heavy (non-hydrogen) atoms. The first-order valence-electron chi connectivity index (χ1n) is 24.0. The molecule has 342 valence electrons. The maximum absolute atomic E-state index is 9.57. The van der Waals surface area contributed by atoms with Crippen LogP contribution in [0.1, 0.15) is 167 Å². The second-order valence-electron chi connectivity index (χ2n) is 17.5. The van der Waals surface area contributed by atoms with Gasteiger partial charge in [0.2, 0.25) is 0 Å². The Morgan fingerprint density at radius 3 is 1.40 bits per heavy atom. The van der Waals surface area contributed by atoms with Crippen LogP contribution in [0.25, 0.3) is 0 Å². The molecule has 0 spiro atoms. The Labute approximate surface area is 390 Å². The van der Waals surface area contributed by atoms with Gasteiger partial charge < -0.3 is 18.9 Å². The Balaban J connectivity index is 0.000000335. The molecule has 0 fully saturated rings. The summed E-state index contributed by atoms with van der Waals surface area (Å²) < 4.78 is 25.2. The van der Waals surface area contributed by atoms with Crippen LogP contribution in [-0.2, 0) is 26.1 Å².